The first-order valence-corrected chi connectivity index (χ1v) is 8.66. The molecule has 126 valence electrons. The van der Waals surface area contributed by atoms with E-state index in [4.69, 9.17) is 5.26 Å². The second-order valence-electron chi connectivity index (χ2n) is 6.42. The number of nitriles is 1. The van der Waals surface area contributed by atoms with Crippen LogP contribution in [0.1, 0.15) is 64.2 Å². The van der Waals surface area contributed by atoms with Crippen molar-refractivity contribution in [2.45, 2.75) is 82.3 Å². The number of nitrogens with zero attached hydrogens (tertiary/aromatic N) is 3. The molecule has 1 aliphatic heterocycles. The van der Waals surface area contributed by atoms with Crippen molar-refractivity contribution in [3.8, 4) is 6.07 Å². The van der Waals surface area contributed by atoms with Crippen LogP contribution in [0.4, 0.5) is 4.39 Å². The molecule has 3 rings (SSSR count). The van der Waals surface area contributed by atoms with Crippen LogP contribution in [0.5, 0.6) is 0 Å². The molecule has 0 radical (unpaired) electrons. The number of amides is 1. The van der Waals surface area contributed by atoms with Gasteiger partial charge in [0.25, 0.3) is 5.91 Å². The first-order chi connectivity index (χ1) is 11.2. The number of carbonyl (C=O) groups is 1. The van der Waals surface area contributed by atoms with E-state index in [1.54, 1.807) is 0 Å². The Morgan fingerprint density at radius 3 is 2.00 bits per heavy atom. The summed E-state index contributed by atoms with van der Waals surface area (Å²) in [6.45, 7) is 0. The Morgan fingerprint density at radius 2 is 1.57 bits per heavy atom. The van der Waals surface area contributed by atoms with E-state index in [1.807, 2.05) is 0 Å². The molecule has 3 aliphatic rings. The molecule has 1 heterocycles. The first-order valence-electron chi connectivity index (χ1n) is 8.66. The number of hydrogen-bond donors (Lipinski definition) is 1. The summed E-state index contributed by atoms with van der Waals surface area (Å²) >= 11 is 0. The largest absolute Gasteiger partial charge is 0.311 e. The molecule has 1 unspecified atom stereocenters. The van der Waals surface area contributed by atoms with E-state index in [0.29, 0.717) is 6.21 Å². The smallest absolute Gasteiger partial charge is 0.285 e. The Labute approximate surface area is 137 Å². The average Bonchev–Trinajstić information content (AvgIpc) is 2.59. The van der Waals surface area contributed by atoms with Crippen molar-refractivity contribution in [3.05, 3.63) is 0 Å². The summed E-state index contributed by atoms with van der Waals surface area (Å²) in [4.78, 5) is 16.6. The van der Waals surface area contributed by atoms with E-state index in [9.17, 15) is 9.18 Å². The van der Waals surface area contributed by atoms with Crippen molar-refractivity contribution in [1.29, 1.82) is 5.26 Å². The molecule has 1 N–H and O–H groups in total. The summed E-state index contributed by atoms with van der Waals surface area (Å²) in [6.07, 6.45) is 15.3. The molecule has 0 bridgehead atoms. The monoisotopic (exact) mass is 320 g/mol. The van der Waals surface area contributed by atoms with Crippen LogP contribution in [0.3, 0.4) is 0 Å². The molecule has 2 fully saturated rings. The molecule has 2 saturated carbocycles. The predicted molar refractivity (Wildman–Crippen MR) is 88.3 cm³/mol. The molecule has 6 heteroatoms. The molecule has 1 amide bonds. The maximum Gasteiger partial charge on any atom is 0.285 e. The van der Waals surface area contributed by atoms with Gasteiger partial charge in [-0.3, -0.25) is 4.79 Å². The maximum atomic E-state index is 12.1. The van der Waals surface area contributed by atoms with Gasteiger partial charge in [-0.15, -0.1) is 0 Å². The number of carbonyl (C=O) groups excluding carboxylic acids is 1. The zero-order valence-electron chi connectivity index (χ0n) is 13.5. The van der Waals surface area contributed by atoms with Gasteiger partial charge < -0.3 is 5.32 Å². The van der Waals surface area contributed by atoms with Gasteiger partial charge in [0.15, 0.2) is 0 Å². The molecule has 0 aromatic heterocycles. The van der Waals surface area contributed by atoms with Crippen LogP contribution >= 0.6 is 0 Å². The Bertz CT molecular complexity index is 469. The van der Waals surface area contributed by atoms with Crippen LogP contribution in [-0.2, 0) is 4.79 Å². The second kappa shape index (κ2) is 9.51. The van der Waals surface area contributed by atoms with E-state index in [-0.39, 0.29) is 0 Å². The molecule has 1 atom stereocenters. The van der Waals surface area contributed by atoms with E-state index in [1.165, 1.54) is 70.3 Å². The fraction of sp³-hybridized carbons (Fsp3) is 0.765. The van der Waals surface area contributed by atoms with Gasteiger partial charge in [0.2, 0.25) is 12.0 Å². The number of rotatable bonds is 2. The summed E-state index contributed by atoms with van der Waals surface area (Å²) < 4.78 is 12.1. The van der Waals surface area contributed by atoms with Crippen LogP contribution in [0, 0.1) is 11.3 Å². The van der Waals surface area contributed by atoms with Crippen LogP contribution in [0.2, 0.25) is 0 Å². The lowest BCUT2D eigenvalue weighted by atomic mass is 9.91. The molecule has 0 spiro atoms. The van der Waals surface area contributed by atoms with Crippen LogP contribution < -0.4 is 5.32 Å². The quantitative estimate of drug-likeness (QED) is 0.849. The third-order valence-electron chi connectivity index (χ3n) is 4.59. The first kappa shape index (κ1) is 17.7. The molecule has 0 aromatic rings. The van der Waals surface area contributed by atoms with E-state index < -0.39 is 17.9 Å². The van der Waals surface area contributed by atoms with Gasteiger partial charge in [-0.2, -0.15) is 9.65 Å². The lowest BCUT2D eigenvalue weighted by Crippen LogP contribution is -2.40. The minimum atomic E-state index is -1.29. The fourth-order valence-corrected chi connectivity index (χ4v) is 3.36. The number of halogens is 1. The van der Waals surface area contributed by atoms with Crippen molar-refractivity contribution < 1.29 is 9.18 Å². The minimum Gasteiger partial charge on any atom is -0.311 e. The van der Waals surface area contributed by atoms with Crippen molar-refractivity contribution in [1.82, 2.24) is 5.32 Å². The molecule has 5 nitrogen and oxygen atoms in total. The summed E-state index contributed by atoms with van der Waals surface area (Å²) in [7, 11) is 0. The Kier molecular flexibility index (Phi) is 7.34. The van der Waals surface area contributed by atoms with Crippen molar-refractivity contribution in [2.24, 2.45) is 9.98 Å². The standard InChI is InChI=1S/C12H23N.C5H2FN3O/c1-3-7-11(8-4-1)13-12-9-5-2-6-10-12;6-4-2-8-5(10)3(1-7)9-4/h11-13H,1-10H2;2-3H. The van der Waals surface area contributed by atoms with Gasteiger partial charge in [-0.25, -0.2) is 9.98 Å². The summed E-state index contributed by atoms with van der Waals surface area (Å²) in [5, 5.41) is 12.0. The Morgan fingerprint density at radius 1 is 1.04 bits per heavy atom. The lowest BCUT2D eigenvalue weighted by Gasteiger charge is -2.30. The Balaban J connectivity index is 0.000000174. The predicted octanol–water partition coefficient (Wildman–Crippen LogP) is 3.10. The normalized spacial score (nSPS) is 26.0. The van der Waals surface area contributed by atoms with E-state index in [2.05, 4.69) is 15.3 Å². The molecule has 0 aromatic carbocycles. The molecule has 2 aliphatic carbocycles. The van der Waals surface area contributed by atoms with Gasteiger partial charge in [0.05, 0.1) is 12.3 Å². The van der Waals surface area contributed by atoms with Gasteiger partial charge in [-0.05, 0) is 25.7 Å². The molecular weight excluding hydrogens is 295 g/mol. The topological polar surface area (TPSA) is 77.6 Å². The van der Waals surface area contributed by atoms with Gasteiger partial charge in [-0.1, -0.05) is 38.5 Å². The van der Waals surface area contributed by atoms with Gasteiger partial charge in [0, 0.05) is 12.1 Å². The molecule has 0 saturated heterocycles. The van der Waals surface area contributed by atoms with Crippen molar-refractivity contribution >= 4 is 18.1 Å². The Hall–Kier alpha value is -1.61. The highest BCUT2D eigenvalue weighted by Crippen LogP contribution is 2.22. The van der Waals surface area contributed by atoms with E-state index in [0.717, 1.165) is 12.1 Å². The highest BCUT2D eigenvalue weighted by atomic mass is 19.1. The van der Waals surface area contributed by atoms with Crippen LogP contribution in [-0.4, -0.2) is 36.2 Å². The van der Waals surface area contributed by atoms with Gasteiger partial charge in [0.1, 0.15) is 0 Å². The number of aliphatic imine (C=N–C) groups is 2. The minimum absolute atomic E-state index is 0.691. The highest BCUT2D eigenvalue weighted by Gasteiger charge is 2.20. The number of nitrogens with one attached hydrogen (secondary N) is 1. The average molecular weight is 320 g/mol. The number of hydrogen-bond acceptors (Lipinski definition) is 4. The highest BCUT2D eigenvalue weighted by molar-refractivity contribution is 6.29. The SMILES string of the molecule is C1CCC(NC2CCCCC2)CC1.N#CC1N=C(F)C=NC1=O. The summed E-state index contributed by atoms with van der Waals surface area (Å²) in [5.74, 6) is -1.60. The van der Waals surface area contributed by atoms with Crippen molar-refractivity contribution in [2.75, 3.05) is 0 Å². The lowest BCUT2D eigenvalue weighted by molar-refractivity contribution is -0.117. The summed E-state index contributed by atoms with van der Waals surface area (Å²) in [5.41, 5.74) is 0. The van der Waals surface area contributed by atoms with E-state index >= 15 is 0 Å². The molecule has 23 heavy (non-hydrogen) atoms. The van der Waals surface area contributed by atoms with Gasteiger partial charge >= 0.3 is 0 Å². The van der Waals surface area contributed by atoms with Crippen LogP contribution in [0.15, 0.2) is 9.98 Å². The zero-order chi connectivity index (χ0) is 16.5. The molecular formula is C17H25FN4O. The summed E-state index contributed by atoms with van der Waals surface area (Å²) in [6, 6.07) is 1.95. The van der Waals surface area contributed by atoms with Crippen LogP contribution in [0.25, 0.3) is 0 Å². The third-order valence-corrected chi connectivity index (χ3v) is 4.59. The third kappa shape index (κ3) is 6.19. The second-order valence-corrected chi connectivity index (χ2v) is 6.42. The van der Waals surface area contributed by atoms with Crippen molar-refractivity contribution in [3.63, 3.8) is 0 Å². The zero-order valence-corrected chi connectivity index (χ0v) is 13.5. The maximum absolute atomic E-state index is 12.1. The fourth-order valence-electron chi connectivity index (χ4n) is 3.36.